The Balaban J connectivity index is 2.33. The molecule has 0 radical (unpaired) electrons. The molecule has 2 aromatic rings. The number of aromatic hydroxyl groups is 1. The highest BCUT2D eigenvalue weighted by atomic mass is 79.9. The summed E-state index contributed by atoms with van der Waals surface area (Å²) >= 11 is 3.42. The Bertz CT molecular complexity index is 661. The molecule has 1 atom stereocenters. The Hall–Kier alpha value is -2.08. The van der Waals surface area contributed by atoms with Crippen LogP contribution in [-0.2, 0) is 0 Å². The van der Waals surface area contributed by atoms with E-state index < -0.39 is 4.92 Å². The molecule has 5 nitrogen and oxygen atoms in total. The number of nitrogens with zero attached hydrogens (tertiary/aromatic N) is 1. The van der Waals surface area contributed by atoms with Crippen molar-refractivity contribution >= 4 is 27.3 Å². The quantitative estimate of drug-likeness (QED) is 0.468. The van der Waals surface area contributed by atoms with Crippen LogP contribution < -0.4 is 5.32 Å². The fraction of sp³-hybridized carbons (Fsp3) is 0.200. The molecule has 0 fully saturated rings. The van der Waals surface area contributed by atoms with Gasteiger partial charge in [0.25, 0.3) is 5.69 Å². The fourth-order valence-electron chi connectivity index (χ4n) is 2.13. The van der Waals surface area contributed by atoms with Crippen molar-refractivity contribution in [3.05, 3.63) is 62.6 Å². The van der Waals surface area contributed by atoms with Gasteiger partial charge in [-0.3, -0.25) is 10.1 Å². The Labute approximate surface area is 130 Å². The minimum absolute atomic E-state index is 0.0502. The molecule has 2 rings (SSSR count). The van der Waals surface area contributed by atoms with Gasteiger partial charge in [0.05, 0.1) is 17.0 Å². The second-order valence-corrected chi connectivity index (χ2v) is 5.53. The average Bonchev–Trinajstić information content (AvgIpc) is 2.45. The summed E-state index contributed by atoms with van der Waals surface area (Å²) in [5, 5.41) is 23.6. The highest BCUT2D eigenvalue weighted by Gasteiger charge is 2.18. The molecule has 1 unspecified atom stereocenters. The average molecular weight is 351 g/mol. The third kappa shape index (κ3) is 3.72. The number of benzene rings is 2. The molecule has 0 aliphatic carbocycles. The molecule has 0 saturated heterocycles. The van der Waals surface area contributed by atoms with E-state index in [-0.39, 0.29) is 17.5 Å². The Morgan fingerprint density at radius 1 is 1.33 bits per heavy atom. The lowest BCUT2D eigenvalue weighted by molar-refractivity contribution is -0.384. The normalized spacial score (nSPS) is 11.9. The molecule has 2 aromatic carbocycles. The third-order valence-corrected chi connectivity index (χ3v) is 3.66. The van der Waals surface area contributed by atoms with Crippen LogP contribution in [0.15, 0.2) is 46.9 Å². The van der Waals surface area contributed by atoms with E-state index in [0.29, 0.717) is 5.69 Å². The largest absolute Gasteiger partial charge is 0.508 e. The van der Waals surface area contributed by atoms with Crippen LogP contribution in [0.3, 0.4) is 0 Å². The number of rotatable bonds is 5. The van der Waals surface area contributed by atoms with Gasteiger partial charge >= 0.3 is 0 Å². The van der Waals surface area contributed by atoms with Gasteiger partial charge in [-0.25, -0.2) is 0 Å². The van der Waals surface area contributed by atoms with Crippen LogP contribution in [0.25, 0.3) is 0 Å². The second kappa shape index (κ2) is 6.58. The predicted molar refractivity (Wildman–Crippen MR) is 85.6 cm³/mol. The SMILES string of the molecule is CCC(Nc1ccc(O)cc1[N+](=O)[O-])c1cccc(Br)c1. The molecule has 6 heteroatoms. The lowest BCUT2D eigenvalue weighted by atomic mass is 10.0. The smallest absolute Gasteiger partial charge is 0.296 e. The number of hydrogen-bond acceptors (Lipinski definition) is 4. The first-order chi connectivity index (χ1) is 10.0. The molecule has 21 heavy (non-hydrogen) atoms. The van der Waals surface area contributed by atoms with Crippen LogP contribution in [0.1, 0.15) is 24.9 Å². The van der Waals surface area contributed by atoms with Gasteiger partial charge in [-0.2, -0.15) is 0 Å². The molecular formula is C15H15BrN2O3. The van der Waals surface area contributed by atoms with Crippen LogP contribution in [0.2, 0.25) is 0 Å². The van der Waals surface area contributed by atoms with E-state index in [1.165, 1.54) is 12.1 Å². The van der Waals surface area contributed by atoms with Crippen molar-refractivity contribution in [2.24, 2.45) is 0 Å². The first-order valence-corrected chi connectivity index (χ1v) is 7.30. The molecule has 0 saturated carbocycles. The van der Waals surface area contributed by atoms with Crippen LogP contribution in [0.4, 0.5) is 11.4 Å². The van der Waals surface area contributed by atoms with Gasteiger partial charge in [0, 0.05) is 4.47 Å². The van der Waals surface area contributed by atoms with Crippen molar-refractivity contribution in [3.63, 3.8) is 0 Å². The Morgan fingerprint density at radius 3 is 2.71 bits per heavy atom. The van der Waals surface area contributed by atoms with Crippen molar-refractivity contribution < 1.29 is 10.0 Å². The van der Waals surface area contributed by atoms with Crippen molar-refractivity contribution in [1.82, 2.24) is 0 Å². The van der Waals surface area contributed by atoms with Crippen molar-refractivity contribution in [1.29, 1.82) is 0 Å². The topological polar surface area (TPSA) is 75.4 Å². The third-order valence-electron chi connectivity index (χ3n) is 3.17. The number of anilines is 1. The van der Waals surface area contributed by atoms with Crippen LogP contribution in [-0.4, -0.2) is 10.0 Å². The van der Waals surface area contributed by atoms with Crippen molar-refractivity contribution in [2.75, 3.05) is 5.32 Å². The highest BCUT2D eigenvalue weighted by Crippen LogP contribution is 2.32. The maximum Gasteiger partial charge on any atom is 0.296 e. The minimum Gasteiger partial charge on any atom is -0.508 e. The Kier molecular flexibility index (Phi) is 4.80. The van der Waals surface area contributed by atoms with E-state index in [0.717, 1.165) is 22.5 Å². The van der Waals surface area contributed by atoms with Gasteiger partial charge in [0.1, 0.15) is 11.4 Å². The van der Waals surface area contributed by atoms with Crippen LogP contribution in [0, 0.1) is 10.1 Å². The number of nitro groups is 1. The van der Waals surface area contributed by atoms with E-state index in [1.807, 2.05) is 31.2 Å². The molecule has 0 bridgehead atoms. The maximum absolute atomic E-state index is 11.1. The number of phenols is 1. The molecule has 0 spiro atoms. The van der Waals surface area contributed by atoms with Crippen molar-refractivity contribution in [2.45, 2.75) is 19.4 Å². The number of nitrogens with one attached hydrogen (secondary N) is 1. The second-order valence-electron chi connectivity index (χ2n) is 4.62. The van der Waals surface area contributed by atoms with Gasteiger partial charge in [0.15, 0.2) is 0 Å². The lowest BCUT2D eigenvalue weighted by Gasteiger charge is -2.19. The van der Waals surface area contributed by atoms with Crippen molar-refractivity contribution in [3.8, 4) is 5.75 Å². The molecular weight excluding hydrogens is 336 g/mol. The van der Waals surface area contributed by atoms with Gasteiger partial charge in [-0.15, -0.1) is 0 Å². The number of halogens is 1. The fourth-order valence-corrected chi connectivity index (χ4v) is 2.54. The zero-order chi connectivity index (χ0) is 15.4. The summed E-state index contributed by atoms with van der Waals surface area (Å²) in [4.78, 5) is 10.6. The van der Waals surface area contributed by atoms with Gasteiger partial charge in [-0.1, -0.05) is 35.0 Å². The van der Waals surface area contributed by atoms with E-state index in [4.69, 9.17) is 0 Å². The van der Waals surface area contributed by atoms with Gasteiger partial charge in [0.2, 0.25) is 0 Å². The predicted octanol–water partition coefficient (Wildman–Crippen LogP) is 4.63. The molecule has 0 aromatic heterocycles. The van der Waals surface area contributed by atoms with Gasteiger partial charge in [-0.05, 0) is 36.2 Å². The maximum atomic E-state index is 11.1. The molecule has 2 N–H and O–H groups in total. The number of nitro benzene ring substituents is 1. The minimum atomic E-state index is -0.504. The van der Waals surface area contributed by atoms with E-state index in [9.17, 15) is 15.2 Å². The molecule has 0 aliphatic rings. The zero-order valence-electron chi connectivity index (χ0n) is 11.4. The standard InChI is InChI=1S/C15H15BrN2O3/c1-2-13(10-4-3-5-11(16)8-10)17-14-7-6-12(19)9-15(14)18(20)21/h3-9,13,17,19H,2H2,1H3. The molecule has 0 amide bonds. The highest BCUT2D eigenvalue weighted by molar-refractivity contribution is 9.10. The monoisotopic (exact) mass is 350 g/mol. The van der Waals surface area contributed by atoms with E-state index in [1.54, 1.807) is 0 Å². The summed E-state index contributed by atoms with van der Waals surface area (Å²) in [6.07, 6.45) is 0.772. The summed E-state index contributed by atoms with van der Waals surface area (Å²) in [7, 11) is 0. The number of hydrogen-bond donors (Lipinski definition) is 2. The zero-order valence-corrected chi connectivity index (χ0v) is 13.0. The summed E-state index contributed by atoms with van der Waals surface area (Å²) in [6, 6.07) is 11.9. The lowest BCUT2D eigenvalue weighted by Crippen LogP contribution is -2.11. The van der Waals surface area contributed by atoms with Crippen LogP contribution >= 0.6 is 15.9 Å². The summed E-state index contributed by atoms with van der Waals surface area (Å²) in [5.41, 5.74) is 1.29. The molecule has 0 aliphatic heterocycles. The number of phenolic OH excluding ortho intramolecular Hbond substituents is 1. The van der Waals surface area contributed by atoms with E-state index >= 15 is 0 Å². The summed E-state index contributed by atoms with van der Waals surface area (Å²) in [5.74, 6) is -0.122. The van der Waals surface area contributed by atoms with Crippen LogP contribution in [0.5, 0.6) is 5.75 Å². The summed E-state index contributed by atoms with van der Waals surface area (Å²) in [6.45, 7) is 2.00. The van der Waals surface area contributed by atoms with E-state index in [2.05, 4.69) is 21.2 Å². The Morgan fingerprint density at radius 2 is 2.10 bits per heavy atom. The molecule has 110 valence electrons. The molecule has 0 heterocycles. The first-order valence-electron chi connectivity index (χ1n) is 6.50. The summed E-state index contributed by atoms with van der Waals surface area (Å²) < 4.78 is 0.959. The first kappa shape index (κ1) is 15.3. The van der Waals surface area contributed by atoms with Gasteiger partial charge < -0.3 is 10.4 Å².